The average Bonchev–Trinajstić information content (AvgIpc) is 2.94. The molecule has 2 nitrogen and oxygen atoms in total. The van der Waals surface area contributed by atoms with Gasteiger partial charge in [-0.05, 0) is 31.5 Å². The van der Waals surface area contributed by atoms with Gasteiger partial charge in [0.2, 0.25) is 0 Å². The van der Waals surface area contributed by atoms with Gasteiger partial charge in [0.15, 0.2) is 0 Å². The molecule has 114 valence electrons. The van der Waals surface area contributed by atoms with Crippen LogP contribution in [0, 0.1) is 0 Å². The third kappa shape index (κ3) is 3.56. The summed E-state index contributed by atoms with van der Waals surface area (Å²) >= 11 is 18.9. The van der Waals surface area contributed by atoms with E-state index in [9.17, 15) is 0 Å². The lowest BCUT2D eigenvalue weighted by Crippen LogP contribution is -2.34. The molecule has 2 rings (SSSR count). The lowest BCUT2D eigenvalue weighted by Gasteiger charge is -2.30. The summed E-state index contributed by atoms with van der Waals surface area (Å²) in [6.07, 6.45) is 2.66. The SMILES string of the molecule is CC(C)n1ccc(CC(CCl)(CCl)c2ccccc2Cl)n1. The number of alkyl halides is 2. The molecule has 1 aromatic carbocycles. The topological polar surface area (TPSA) is 17.8 Å². The summed E-state index contributed by atoms with van der Waals surface area (Å²) in [7, 11) is 0. The van der Waals surface area contributed by atoms with E-state index in [1.807, 2.05) is 41.2 Å². The highest BCUT2D eigenvalue weighted by molar-refractivity contribution is 6.32. The number of nitrogens with zero attached hydrogens (tertiary/aromatic N) is 2. The molecule has 0 aliphatic carbocycles. The third-order valence-electron chi connectivity index (χ3n) is 3.67. The molecule has 0 atom stereocenters. The minimum atomic E-state index is -0.405. The summed E-state index contributed by atoms with van der Waals surface area (Å²) in [6.45, 7) is 4.20. The number of rotatable bonds is 6. The van der Waals surface area contributed by atoms with E-state index in [0.29, 0.717) is 29.2 Å². The zero-order chi connectivity index (χ0) is 15.5. The molecule has 0 unspecified atom stereocenters. The van der Waals surface area contributed by atoms with Crippen LogP contribution in [0.15, 0.2) is 36.5 Å². The molecule has 0 amide bonds. The summed E-state index contributed by atoms with van der Waals surface area (Å²) in [5.74, 6) is 0.795. The molecule has 0 N–H and O–H groups in total. The molecular weight excluding hydrogens is 327 g/mol. The Bertz CT molecular complexity index is 589. The summed E-state index contributed by atoms with van der Waals surface area (Å²) in [5, 5.41) is 5.30. The maximum absolute atomic E-state index is 6.35. The maximum atomic E-state index is 6.35. The number of halogens is 3. The van der Waals surface area contributed by atoms with Gasteiger partial charge in [-0.1, -0.05) is 29.8 Å². The molecule has 2 aromatic rings. The molecule has 0 fully saturated rings. The fourth-order valence-electron chi connectivity index (χ4n) is 2.37. The molecule has 0 saturated heterocycles. The van der Waals surface area contributed by atoms with Crippen molar-refractivity contribution in [3.8, 4) is 0 Å². The fourth-order valence-corrected chi connectivity index (χ4v) is 3.47. The molecule has 0 aliphatic rings. The average molecular weight is 346 g/mol. The van der Waals surface area contributed by atoms with Crippen molar-refractivity contribution < 1.29 is 0 Å². The van der Waals surface area contributed by atoms with Crippen LogP contribution in [0.3, 0.4) is 0 Å². The quantitative estimate of drug-likeness (QED) is 0.668. The number of hydrogen-bond acceptors (Lipinski definition) is 1. The van der Waals surface area contributed by atoms with Gasteiger partial charge in [0, 0.05) is 40.9 Å². The van der Waals surface area contributed by atoms with E-state index in [2.05, 4.69) is 18.9 Å². The van der Waals surface area contributed by atoms with E-state index in [4.69, 9.17) is 34.8 Å². The Morgan fingerprint density at radius 1 is 1.14 bits per heavy atom. The van der Waals surface area contributed by atoms with Gasteiger partial charge in [-0.25, -0.2) is 0 Å². The summed E-state index contributed by atoms with van der Waals surface area (Å²) < 4.78 is 1.94. The monoisotopic (exact) mass is 344 g/mol. The van der Waals surface area contributed by atoms with Gasteiger partial charge in [-0.3, -0.25) is 4.68 Å². The van der Waals surface area contributed by atoms with E-state index < -0.39 is 5.41 Å². The van der Waals surface area contributed by atoms with Crippen LogP contribution in [0.25, 0.3) is 0 Å². The van der Waals surface area contributed by atoms with E-state index >= 15 is 0 Å². The molecule has 1 aromatic heterocycles. The second-order valence-electron chi connectivity index (χ2n) is 5.59. The van der Waals surface area contributed by atoms with Crippen molar-refractivity contribution in [2.24, 2.45) is 0 Å². The number of hydrogen-bond donors (Lipinski definition) is 0. The van der Waals surface area contributed by atoms with Gasteiger partial charge >= 0.3 is 0 Å². The highest BCUT2D eigenvalue weighted by Crippen LogP contribution is 2.35. The predicted octanol–water partition coefficient (Wildman–Crippen LogP) is 5.08. The van der Waals surface area contributed by atoms with Gasteiger partial charge in [0.25, 0.3) is 0 Å². The molecule has 0 bridgehead atoms. The van der Waals surface area contributed by atoms with Crippen molar-refractivity contribution in [3.05, 3.63) is 52.8 Å². The largest absolute Gasteiger partial charge is 0.270 e. The smallest absolute Gasteiger partial charge is 0.0634 e. The van der Waals surface area contributed by atoms with E-state index in [1.165, 1.54) is 0 Å². The van der Waals surface area contributed by atoms with Gasteiger partial charge in [0.05, 0.1) is 5.69 Å². The molecule has 0 aliphatic heterocycles. The molecule has 5 heteroatoms. The second kappa shape index (κ2) is 7.04. The molecule has 0 spiro atoms. The molecular formula is C16H19Cl3N2. The van der Waals surface area contributed by atoms with Crippen molar-refractivity contribution in [2.45, 2.75) is 31.7 Å². The van der Waals surface area contributed by atoms with Crippen LogP contribution in [0.5, 0.6) is 0 Å². The Morgan fingerprint density at radius 3 is 2.33 bits per heavy atom. The van der Waals surface area contributed by atoms with E-state index in [1.54, 1.807) is 0 Å². The van der Waals surface area contributed by atoms with Crippen LogP contribution in [0.2, 0.25) is 5.02 Å². The summed E-state index contributed by atoms with van der Waals surface area (Å²) in [6, 6.07) is 10.1. The van der Waals surface area contributed by atoms with E-state index in [-0.39, 0.29) is 0 Å². The first-order valence-corrected chi connectivity index (χ1v) is 8.38. The molecule has 21 heavy (non-hydrogen) atoms. The highest BCUT2D eigenvalue weighted by Gasteiger charge is 2.33. The predicted molar refractivity (Wildman–Crippen MR) is 90.9 cm³/mol. The highest BCUT2D eigenvalue weighted by atomic mass is 35.5. The van der Waals surface area contributed by atoms with Crippen LogP contribution >= 0.6 is 34.8 Å². The van der Waals surface area contributed by atoms with Crippen molar-refractivity contribution >= 4 is 34.8 Å². The zero-order valence-corrected chi connectivity index (χ0v) is 14.5. The summed E-state index contributed by atoms with van der Waals surface area (Å²) in [5.41, 5.74) is 1.55. The van der Waals surface area contributed by atoms with E-state index in [0.717, 1.165) is 11.3 Å². The number of aromatic nitrogens is 2. The summed E-state index contributed by atoms with van der Waals surface area (Å²) in [4.78, 5) is 0. The Labute approximate surface area is 141 Å². The lowest BCUT2D eigenvalue weighted by molar-refractivity contribution is 0.496. The van der Waals surface area contributed by atoms with Crippen molar-refractivity contribution in [1.82, 2.24) is 9.78 Å². The van der Waals surface area contributed by atoms with Gasteiger partial charge in [0.1, 0.15) is 0 Å². The van der Waals surface area contributed by atoms with Crippen molar-refractivity contribution in [3.63, 3.8) is 0 Å². The minimum absolute atomic E-state index is 0.334. The Morgan fingerprint density at radius 2 is 1.81 bits per heavy atom. The fraction of sp³-hybridized carbons (Fsp3) is 0.438. The van der Waals surface area contributed by atoms with Crippen molar-refractivity contribution in [2.75, 3.05) is 11.8 Å². The van der Waals surface area contributed by atoms with Gasteiger partial charge in [-0.2, -0.15) is 5.10 Å². The Kier molecular flexibility index (Phi) is 5.59. The second-order valence-corrected chi connectivity index (χ2v) is 6.53. The van der Waals surface area contributed by atoms with Crippen molar-refractivity contribution in [1.29, 1.82) is 0 Å². The maximum Gasteiger partial charge on any atom is 0.0634 e. The van der Waals surface area contributed by atoms with Crippen LogP contribution < -0.4 is 0 Å². The van der Waals surface area contributed by atoms with Crippen LogP contribution in [-0.4, -0.2) is 21.5 Å². The lowest BCUT2D eigenvalue weighted by atomic mass is 9.80. The number of benzene rings is 1. The first-order valence-electron chi connectivity index (χ1n) is 6.93. The van der Waals surface area contributed by atoms with Crippen LogP contribution in [-0.2, 0) is 11.8 Å². The Hall–Kier alpha value is -0.700. The Balaban J connectivity index is 2.36. The molecule has 0 saturated carbocycles. The standard InChI is InChI=1S/C16H19Cl3N2/c1-12(2)21-8-7-13(20-21)9-16(10-17,11-18)14-5-3-4-6-15(14)19/h3-8,12H,9-11H2,1-2H3. The van der Waals surface area contributed by atoms with Crippen LogP contribution in [0.4, 0.5) is 0 Å². The molecule has 1 heterocycles. The third-order valence-corrected chi connectivity index (χ3v) is 5.02. The van der Waals surface area contributed by atoms with Crippen LogP contribution in [0.1, 0.15) is 31.1 Å². The zero-order valence-electron chi connectivity index (χ0n) is 12.2. The van der Waals surface area contributed by atoms with Gasteiger partial charge < -0.3 is 0 Å². The molecule has 0 radical (unpaired) electrons. The normalized spacial score (nSPS) is 12.1. The first kappa shape index (κ1) is 16.7. The van der Waals surface area contributed by atoms with Gasteiger partial charge in [-0.15, -0.1) is 23.2 Å². The first-order chi connectivity index (χ1) is 10.0. The minimum Gasteiger partial charge on any atom is -0.270 e.